The van der Waals surface area contributed by atoms with Crippen LogP contribution in [0.5, 0.6) is 0 Å². The van der Waals surface area contributed by atoms with Crippen LogP contribution in [0.2, 0.25) is 0 Å². The number of aromatic nitrogens is 2. The predicted octanol–water partition coefficient (Wildman–Crippen LogP) is 0.0476. The summed E-state index contributed by atoms with van der Waals surface area (Å²) >= 11 is 0. The van der Waals surface area contributed by atoms with Gasteiger partial charge in [-0.3, -0.25) is 0 Å². The molecule has 1 aromatic heterocycles. The van der Waals surface area contributed by atoms with Gasteiger partial charge in [-0.05, 0) is 19.4 Å². The zero-order chi connectivity index (χ0) is 9.15. The molecule has 4 nitrogen and oxygen atoms in total. The normalized spacial score (nSPS) is 28.7. The van der Waals surface area contributed by atoms with E-state index in [2.05, 4.69) is 15.3 Å². The van der Waals surface area contributed by atoms with Crippen molar-refractivity contribution in [2.45, 2.75) is 18.4 Å². The monoisotopic (exact) mass is 179 g/mol. The van der Waals surface area contributed by atoms with E-state index in [1.54, 1.807) is 12.4 Å². The molecule has 0 saturated carbocycles. The van der Waals surface area contributed by atoms with Gasteiger partial charge in [0.05, 0.1) is 0 Å². The van der Waals surface area contributed by atoms with Crippen molar-refractivity contribution in [3.8, 4) is 0 Å². The van der Waals surface area contributed by atoms with E-state index in [9.17, 15) is 5.11 Å². The molecule has 0 bridgehead atoms. The molecule has 0 aliphatic carbocycles. The van der Waals surface area contributed by atoms with Gasteiger partial charge in [0.15, 0.2) is 0 Å². The maximum atomic E-state index is 10.2. The Hall–Kier alpha value is -1.00. The Kier molecular flexibility index (Phi) is 2.24. The van der Waals surface area contributed by atoms with Crippen LogP contribution in [0, 0.1) is 0 Å². The maximum Gasteiger partial charge on any atom is 0.115 e. The molecule has 1 atom stereocenters. The number of hydrogen-bond donors (Lipinski definition) is 2. The molecule has 0 radical (unpaired) electrons. The second kappa shape index (κ2) is 3.40. The molecule has 13 heavy (non-hydrogen) atoms. The highest BCUT2D eigenvalue weighted by Gasteiger charge is 2.31. The molecule has 1 aromatic rings. The second-order valence-corrected chi connectivity index (χ2v) is 3.44. The van der Waals surface area contributed by atoms with Crippen LogP contribution in [0.4, 0.5) is 0 Å². The quantitative estimate of drug-likeness (QED) is 0.639. The van der Waals surface area contributed by atoms with Crippen LogP contribution in [0.25, 0.3) is 0 Å². The molecule has 2 rings (SSSR count). The van der Waals surface area contributed by atoms with Gasteiger partial charge in [-0.1, -0.05) is 0 Å². The summed E-state index contributed by atoms with van der Waals surface area (Å²) in [5.74, 6) is 0. The highest BCUT2D eigenvalue weighted by atomic mass is 16.3. The number of nitrogens with zero attached hydrogens (tertiary/aromatic N) is 2. The highest BCUT2D eigenvalue weighted by Crippen LogP contribution is 2.26. The van der Waals surface area contributed by atoms with Crippen molar-refractivity contribution in [1.82, 2.24) is 15.3 Å². The van der Waals surface area contributed by atoms with Crippen LogP contribution < -0.4 is 5.32 Å². The molecule has 1 aliphatic heterocycles. The van der Waals surface area contributed by atoms with Crippen molar-refractivity contribution in [3.05, 3.63) is 24.3 Å². The van der Waals surface area contributed by atoms with E-state index in [4.69, 9.17) is 0 Å². The Morgan fingerprint density at radius 3 is 2.77 bits per heavy atom. The fourth-order valence-corrected chi connectivity index (χ4v) is 1.68. The first-order chi connectivity index (χ1) is 6.31. The van der Waals surface area contributed by atoms with Crippen molar-refractivity contribution in [2.24, 2.45) is 0 Å². The van der Waals surface area contributed by atoms with E-state index in [-0.39, 0.29) is 0 Å². The first-order valence-electron chi connectivity index (χ1n) is 4.50. The standard InChI is InChI=1S/C9H13N3O/c13-9(2-1-3-10-6-9)8-4-11-7-12-5-8/h4-5,7,10,13H,1-3,6H2. The van der Waals surface area contributed by atoms with Crippen LogP contribution in [0.3, 0.4) is 0 Å². The number of β-amino-alcohol motifs (C(OH)–C–C–N with tert-alkyl or cyclic N) is 1. The summed E-state index contributed by atoms with van der Waals surface area (Å²) < 4.78 is 0. The van der Waals surface area contributed by atoms with Crippen molar-refractivity contribution >= 4 is 0 Å². The van der Waals surface area contributed by atoms with Crippen molar-refractivity contribution in [1.29, 1.82) is 0 Å². The molecular formula is C9H13N3O. The van der Waals surface area contributed by atoms with Gasteiger partial charge in [-0.25, -0.2) is 9.97 Å². The first kappa shape index (κ1) is 8.59. The molecule has 1 saturated heterocycles. The van der Waals surface area contributed by atoms with Gasteiger partial charge in [0.25, 0.3) is 0 Å². The summed E-state index contributed by atoms with van der Waals surface area (Å²) in [7, 11) is 0. The lowest BCUT2D eigenvalue weighted by Gasteiger charge is -2.32. The van der Waals surface area contributed by atoms with Gasteiger partial charge < -0.3 is 10.4 Å². The molecule has 0 aromatic carbocycles. The van der Waals surface area contributed by atoms with Gasteiger partial charge in [0, 0.05) is 24.5 Å². The van der Waals surface area contributed by atoms with E-state index < -0.39 is 5.60 Å². The fraction of sp³-hybridized carbons (Fsp3) is 0.556. The van der Waals surface area contributed by atoms with Crippen LogP contribution in [-0.2, 0) is 5.60 Å². The smallest absolute Gasteiger partial charge is 0.115 e. The lowest BCUT2D eigenvalue weighted by molar-refractivity contribution is 0.0117. The molecule has 2 heterocycles. The molecule has 70 valence electrons. The van der Waals surface area contributed by atoms with Crippen LogP contribution in [-0.4, -0.2) is 28.2 Å². The minimum atomic E-state index is -0.764. The maximum absolute atomic E-state index is 10.2. The Labute approximate surface area is 77.0 Å². The Morgan fingerprint density at radius 1 is 1.38 bits per heavy atom. The Balaban J connectivity index is 2.23. The lowest BCUT2D eigenvalue weighted by atomic mass is 9.88. The van der Waals surface area contributed by atoms with E-state index in [0.717, 1.165) is 24.9 Å². The minimum absolute atomic E-state index is 0.598. The first-order valence-corrected chi connectivity index (χ1v) is 4.50. The SMILES string of the molecule is OC1(c2cncnc2)CCCNC1. The Morgan fingerprint density at radius 2 is 2.15 bits per heavy atom. The second-order valence-electron chi connectivity index (χ2n) is 3.44. The fourth-order valence-electron chi connectivity index (χ4n) is 1.68. The average Bonchev–Trinajstić information content (AvgIpc) is 2.20. The van der Waals surface area contributed by atoms with E-state index in [1.807, 2.05) is 0 Å². The number of aliphatic hydroxyl groups is 1. The minimum Gasteiger partial charge on any atom is -0.384 e. The third kappa shape index (κ3) is 1.68. The van der Waals surface area contributed by atoms with Gasteiger partial charge in [-0.2, -0.15) is 0 Å². The van der Waals surface area contributed by atoms with Crippen LogP contribution in [0.1, 0.15) is 18.4 Å². The van der Waals surface area contributed by atoms with Crippen molar-refractivity contribution in [3.63, 3.8) is 0 Å². The summed E-state index contributed by atoms with van der Waals surface area (Å²) in [5, 5.41) is 13.4. The summed E-state index contributed by atoms with van der Waals surface area (Å²) in [6.45, 7) is 1.58. The zero-order valence-electron chi connectivity index (χ0n) is 7.40. The lowest BCUT2D eigenvalue weighted by Crippen LogP contribution is -2.43. The molecule has 2 N–H and O–H groups in total. The zero-order valence-corrected chi connectivity index (χ0v) is 7.40. The molecule has 1 unspecified atom stereocenters. The summed E-state index contributed by atoms with van der Waals surface area (Å²) in [4.78, 5) is 7.81. The molecule has 4 heteroatoms. The average molecular weight is 179 g/mol. The topological polar surface area (TPSA) is 58.0 Å². The third-order valence-corrected chi connectivity index (χ3v) is 2.46. The number of hydrogen-bond acceptors (Lipinski definition) is 4. The molecular weight excluding hydrogens is 166 g/mol. The predicted molar refractivity (Wildman–Crippen MR) is 48.0 cm³/mol. The molecule has 0 amide bonds. The van der Waals surface area contributed by atoms with Crippen molar-refractivity contribution < 1.29 is 5.11 Å². The number of nitrogens with one attached hydrogen (secondary N) is 1. The van der Waals surface area contributed by atoms with E-state index in [0.29, 0.717) is 6.54 Å². The van der Waals surface area contributed by atoms with E-state index in [1.165, 1.54) is 6.33 Å². The summed E-state index contributed by atoms with van der Waals surface area (Å²) in [6.07, 6.45) is 6.61. The van der Waals surface area contributed by atoms with Gasteiger partial charge in [0.1, 0.15) is 11.9 Å². The highest BCUT2D eigenvalue weighted by molar-refractivity contribution is 5.15. The number of rotatable bonds is 1. The largest absolute Gasteiger partial charge is 0.384 e. The molecule has 1 aliphatic rings. The summed E-state index contributed by atoms with van der Waals surface area (Å²) in [5.41, 5.74) is 0.0432. The van der Waals surface area contributed by atoms with Gasteiger partial charge >= 0.3 is 0 Å². The third-order valence-electron chi connectivity index (χ3n) is 2.46. The van der Waals surface area contributed by atoms with Crippen molar-refractivity contribution in [2.75, 3.05) is 13.1 Å². The van der Waals surface area contributed by atoms with Gasteiger partial charge in [-0.15, -0.1) is 0 Å². The van der Waals surface area contributed by atoms with Crippen LogP contribution in [0.15, 0.2) is 18.7 Å². The van der Waals surface area contributed by atoms with Gasteiger partial charge in [0.2, 0.25) is 0 Å². The number of piperidine rings is 1. The van der Waals surface area contributed by atoms with Crippen LogP contribution >= 0.6 is 0 Å². The molecule has 1 fully saturated rings. The summed E-state index contributed by atoms with van der Waals surface area (Å²) in [6, 6.07) is 0. The van der Waals surface area contributed by atoms with E-state index >= 15 is 0 Å². The Bertz CT molecular complexity index is 269. The molecule has 0 spiro atoms.